The van der Waals surface area contributed by atoms with Gasteiger partial charge in [0.15, 0.2) is 0 Å². The Bertz CT molecular complexity index is 656. The summed E-state index contributed by atoms with van der Waals surface area (Å²) in [6.07, 6.45) is 1.47. The molecule has 0 aliphatic rings. The Kier molecular flexibility index (Phi) is 5.52. The second-order valence-electron chi connectivity index (χ2n) is 5.24. The highest BCUT2D eigenvalue weighted by Gasteiger charge is 2.26. The lowest BCUT2D eigenvalue weighted by molar-refractivity contribution is 0.0367. The molecule has 0 radical (unpaired) electrons. The number of amides is 2. The lowest BCUT2D eigenvalue weighted by Crippen LogP contribution is -2.43. The topological polar surface area (TPSA) is 83.7 Å². The minimum Gasteiger partial charge on any atom is -0.496 e. The minimum absolute atomic E-state index is 0.0180. The molecule has 2 aromatic rings. The van der Waals surface area contributed by atoms with Gasteiger partial charge in [0.1, 0.15) is 17.1 Å². The van der Waals surface area contributed by atoms with Crippen molar-refractivity contribution < 1.29 is 19.1 Å². The monoisotopic (exact) mass is 338 g/mol. The van der Waals surface area contributed by atoms with Gasteiger partial charge in [-0.05, 0) is 31.2 Å². The first-order valence-corrected chi connectivity index (χ1v) is 7.40. The van der Waals surface area contributed by atoms with Gasteiger partial charge < -0.3 is 24.9 Å². The average molecular weight is 339 g/mol. The first-order chi connectivity index (χ1) is 10.9. The number of furan rings is 1. The fourth-order valence-corrected chi connectivity index (χ4v) is 2.19. The van der Waals surface area contributed by atoms with Crippen molar-refractivity contribution in [1.29, 1.82) is 0 Å². The van der Waals surface area contributed by atoms with Crippen molar-refractivity contribution in [1.82, 2.24) is 10.6 Å². The van der Waals surface area contributed by atoms with Crippen LogP contribution in [-0.4, -0.2) is 24.8 Å². The number of methoxy groups -OCH3 is 1. The fourth-order valence-electron chi connectivity index (χ4n) is 2.03. The third kappa shape index (κ3) is 4.64. The molecule has 3 N–H and O–H groups in total. The number of urea groups is 1. The van der Waals surface area contributed by atoms with Crippen LogP contribution in [0.15, 0.2) is 41.0 Å². The van der Waals surface area contributed by atoms with E-state index in [9.17, 15) is 9.90 Å². The van der Waals surface area contributed by atoms with Gasteiger partial charge in [0.2, 0.25) is 0 Å². The zero-order valence-electron chi connectivity index (χ0n) is 12.9. The molecule has 0 aliphatic carbocycles. The van der Waals surface area contributed by atoms with Crippen molar-refractivity contribution >= 4 is 17.6 Å². The maximum absolute atomic E-state index is 11.9. The number of rotatable bonds is 6. The maximum atomic E-state index is 11.9. The molecule has 1 aromatic heterocycles. The van der Waals surface area contributed by atoms with Crippen LogP contribution in [-0.2, 0) is 12.1 Å². The maximum Gasteiger partial charge on any atom is 0.315 e. The van der Waals surface area contributed by atoms with Crippen LogP contribution in [0.1, 0.15) is 18.2 Å². The Morgan fingerprint density at radius 3 is 2.83 bits per heavy atom. The summed E-state index contributed by atoms with van der Waals surface area (Å²) in [5, 5.41) is 16.1. The van der Waals surface area contributed by atoms with Crippen molar-refractivity contribution in [3.63, 3.8) is 0 Å². The molecule has 1 atom stereocenters. The predicted molar refractivity (Wildman–Crippen MR) is 86.5 cm³/mol. The highest BCUT2D eigenvalue weighted by Crippen LogP contribution is 2.23. The first kappa shape index (κ1) is 17.2. The van der Waals surface area contributed by atoms with Gasteiger partial charge in [-0.1, -0.05) is 17.7 Å². The van der Waals surface area contributed by atoms with E-state index < -0.39 is 11.6 Å². The van der Waals surface area contributed by atoms with Crippen LogP contribution in [0.4, 0.5) is 4.79 Å². The Morgan fingerprint density at radius 1 is 1.39 bits per heavy atom. The van der Waals surface area contributed by atoms with Crippen molar-refractivity contribution in [3.05, 3.63) is 52.9 Å². The standard InChI is InChI=1S/C16H19ClN2O4/c1-16(21,14-4-3-7-23-14)10-19-15(20)18-9-11-5-6-12(17)8-13(11)22-2/h3-8,21H,9-10H2,1-2H3,(H2,18,19,20). The quantitative estimate of drug-likeness (QED) is 0.756. The number of hydrogen-bond donors (Lipinski definition) is 3. The van der Waals surface area contributed by atoms with Crippen LogP contribution in [0.25, 0.3) is 0 Å². The van der Waals surface area contributed by atoms with E-state index in [1.165, 1.54) is 13.4 Å². The Hall–Kier alpha value is -2.18. The van der Waals surface area contributed by atoms with E-state index in [0.717, 1.165) is 5.56 Å². The molecule has 0 bridgehead atoms. The highest BCUT2D eigenvalue weighted by atomic mass is 35.5. The number of nitrogens with one attached hydrogen (secondary N) is 2. The van der Waals surface area contributed by atoms with Gasteiger partial charge in [-0.3, -0.25) is 0 Å². The molecule has 1 heterocycles. The van der Waals surface area contributed by atoms with Crippen LogP contribution in [0.5, 0.6) is 5.75 Å². The number of hydrogen-bond acceptors (Lipinski definition) is 4. The second kappa shape index (κ2) is 7.39. The molecule has 124 valence electrons. The summed E-state index contributed by atoms with van der Waals surface area (Å²) in [6.45, 7) is 1.85. The summed E-state index contributed by atoms with van der Waals surface area (Å²) in [6, 6.07) is 8.10. The number of halogens is 1. The van der Waals surface area contributed by atoms with Gasteiger partial charge >= 0.3 is 6.03 Å². The van der Waals surface area contributed by atoms with Crippen molar-refractivity contribution in [2.24, 2.45) is 0 Å². The molecule has 0 fully saturated rings. The zero-order chi connectivity index (χ0) is 16.9. The third-order valence-electron chi connectivity index (χ3n) is 3.33. The van der Waals surface area contributed by atoms with E-state index in [2.05, 4.69) is 10.6 Å². The summed E-state index contributed by atoms with van der Waals surface area (Å²) < 4.78 is 10.4. The first-order valence-electron chi connectivity index (χ1n) is 7.03. The molecule has 6 nitrogen and oxygen atoms in total. The summed E-state index contributed by atoms with van der Waals surface area (Å²) in [7, 11) is 1.54. The predicted octanol–water partition coefficient (Wildman–Crippen LogP) is 2.65. The Labute approximate surface area is 139 Å². The van der Waals surface area contributed by atoms with Crippen molar-refractivity contribution in [2.45, 2.75) is 19.1 Å². The van der Waals surface area contributed by atoms with Gasteiger partial charge in [-0.25, -0.2) is 4.79 Å². The lowest BCUT2D eigenvalue weighted by Gasteiger charge is -2.21. The number of aliphatic hydroxyl groups is 1. The molecule has 0 spiro atoms. The van der Waals surface area contributed by atoms with E-state index in [1.807, 2.05) is 0 Å². The van der Waals surface area contributed by atoms with E-state index in [4.69, 9.17) is 20.8 Å². The van der Waals surface area contributed by atoms with E-state index >= 15 is 0 Å². The Morgan fingerprint density at radius 2 is 2.17 bits per heavy atom. The van der Waals surface area contributed by atoms with Gasteiger partial charge in [0.05, 0.1) is 19.9 Å². The second-order valence-corrected chi connectivity index (χ2v) is 5.68. The molecule has 7 heteroatoms. The molecule has 0 saturated carbocycles. The van der Waals surface area contributed by atoms with Gasteiger partial charge in [0, 0.05) is 17.1 Å². The number of benzene rings is 1. The van der Waals surface area contributed by atoms with Crippen LogP contribution >= 0.6 is 11.6 Å². The van der Waals surface area contributed by atoms with Crippen LogP contribution in [0.2, 0.25) is 5.02 Å². The number of carbonyl (C=O) groups is 1. The van der Waals surface area contributed by atoms with Crippen LogP contribution in [0.3, 0.4) is 0 Å². The normalized spacial score (nSPS) is 13.2. The summed E-state index contributed by atoms with van der Waals surface area (Å²) >= 11 is 5.89. The number of carbonyl (C=O) groups excluding carboxylic acids is 1. The van der Waals surface area contributed by atoms with Gasteiger partial charge in [-0.15, -0.1) is 0 Å². The van der Waals surface area contributed by atoms with Crippen LogP contribution in [0, 0.1) is 0 Å². The van der Waals surface area contributed by atoms with E-state index in [1.54, 1.807) is 37.3 Å². The zero-order valence-corrected chi connectivity index (χ0v) is 13.7. The molecular weight excluding hydrogens is 320 g/mol. The smallest absolute Gasteiger partial charge is 0.315 e. The van der Waals surface area contributed by atoms with Gasteiger partial charge in [-0.2, -0.15) is 0 Å². The summed E-state index contributed by atoms with van der Waals surface area (Å²) in [5.74, 6) is 0.984. The summed E-state index contributed by atoms with van der Waals surface area (Å²) in [4.78, 5) is 11.9. The Balaban J connectivity index is 1.86. The molecule has 1 aromatic carbocycles. The van der Waals surface area contributed by atoms with E-state index in [-0.39, 0.29) is 13.1 Å². The molecule has 1 unspecified atom stereocenters. The molecule has 2 amide bonds. The molecule has 2 rings (SSSR count). The fraction of sp³-hybridized carbons (Fsp3) is 0.312. The van der Waals surface area contributed by atoms with Crippen molar-refractivity contribution in [2.75, 3.05) is 13.7 Å². The average Bonchev–Trinajstić information content (AvgIpc) is 3.07. The molecular formula is C16H19ClN2O4. The summed E-state index contributed by atoms with van der Waals surface area (Å²) in [5.41, 5.74) is -0.483. The number of ether oxygens (including phenoxy) is 1. The van der Waals surface area contributed by atoms with Crippen molar-refractivity contribution in [3.8, 4) is 5.75 Å². The van der Waals surface area contributed by atoms with E-state index in [0.29, 0.717) is 16.5 Å². The SMILES string of the molecule is COc1cc(Cl)ccc1CNC(=O)NCC(C)(O)c1ccco1. The highest BCUT2D eigenvalue weighted by molar-refractivity contribution is 6.30. The van der Waals surface area contributed by atoms with Gasteiger partial charge in [0.25, 0.3) is 0 Å². The molecule has 23 heavy (non-hydrogen) atoms. The largest absolute Gasteiger partial charge is 0.496 e. The lowest BCUT2D eigenvalue weighted by atomic mass is 10.0. The molecule has 0 aliphatic heterocycles. The van der Waals surface area contributed by atoms with Crippen LogP contribution < -0.4 is 15.4 Å². The molecule has 0 saturated heterocycles. The third-order valence-corrected chi connectivity index (χ3v) is 3.57. The minimum atomic E-state index is -1.28.